The van der Waals surface area contributed by atoms with Gasteiger partial charge in [0.1, 0.15) is 5.70 Å². The Morgan fingerprint density at radius 3 is 2.18 bits per heavy atom. The minimum Gasteiger partial charge on any atom is -0.366 e. The van der Waals surface area contributed by atoms with Crippen LogP contribution in [-0.4, -0.2) is 41.2 Å². The highest BCUT2D eigenvalue weighted by atomic mass is 35.5. The molecule has 0 aromatic heterocycles. The van der Waals surface area contributed by atoms with Crippen molar-refractivity contribution in [3.63, 3.8) is 0 Å². The zero-order valence-electron chi connectivity index (χ0n) is 15.7. The van der Waals surface area contributed by atoms with E-state index in [1.807, 2.05) is 42.5 Å². The Kier molecular flexibility index (Phi) is 5.49. The topological polar surface area (TPSA) is 40.6 Å². The Morgan fingerprint density at radius 1 is 0.821 bits per heavy atom. The molecule has 0 bridgehead atoms. The van der Waals surface area contributed by atoms with Gasteiger partial charge in [-0.3, -0.25) is 14.5 Å². The van der Waals surface area contributed by atoms with Gasteiger partial charge in [-0.1, -0.05) is 54.1 Å². The number of carbonyl (C=O) groups is 2. The first-order valence-electron chi connectivity index (χ1n) is 9.80. The SMILES string of the molecule is O=C1C(c2ccc(Cl)cc2)=C(N2CCCCC2)C(=O)N1CCc1ccccc1. The standard InChI is InChI=1S/C23H23ClN2O2/c24-19-11-9-18(10-12-19)20-21(25-14-5-2-6-15-25)23(28)26(22(20)27)16-13-17-7-3-1-4-8-17/h1,3-4,7-12H,2,5-6,13-16H2. The molecule has 2 aliphatic rings. The van der Waals surface area contributed by atoms with Crippen LogP contribution in [0.3, 0.4) is 0 Å². The van der Waals surface area contributed by atoms with E-state index < -0.39 is 0 Å². The summed E-state index contributed by atoms with van der Waals surface area (Å²) >= 11 is 6.03. The number of hydrogen-bond donors (Lipinski definition) is 0. The Morgan fingerprint density at radius 2 is 1.50 bits per heavy atom. The lowest BCUT2D eigenvalue weighted by Crippen LogP contribution is -2.38. The summed E-state index contributed by atoms with van der Waals surface area (Å²) in [5.74, 6) is -0.378. The van der Waals surface area contributed by atoms with Crippen LogP contribution in [0.4, 0.5) is 0 Å². The first kappa shape index (κ1) is 18.8. The van der Waals surface area contributed by atoms with Gasteiger partial charge in [-0.15, -0.1) is 0 Å². The number of halogens is 1. The maximum atomic E-state index is 13.3. The van der Waals surface area contributed by atoms with Gasteiger partial charge in [-0.25, -0.2) is 0 Å². The lowest BCUT2D eigenvalue weighted by atomic mass is 10.0. The first-order chi connectivity index (χ1) is 13.6. The van der Waals surface area contributed by atoms with Gasteiger partial charge in [-0.2, -0.15) is 0 Å². The molecule has 1 fully saturated rings. The fourth-order valence-corrected chi connectivity index (χ4v) is 4.07. The van der Waals surface area contributed by atoms with Crippen molar-refractivity contribution in [1.82, 2.24) is 9.80 Å². The van der Waals surface area contributed by atoms with E-state index in [1.54, 1.807) is 12.1 Å². The van der Waals surface area contributed by atoms with Gasteiger partial charge in [0.2, 0.25) is 0 Å². The average molecular weight is 395 g/mol. The van der Waals surface area contributed by atoms with Gasteiger partial charge in [0.05, 0.1) is 5.57 Å². The molecule has 4 rings (SSSR count). The van der Waals surface area contributed by atoms with Gasteiger partial charge >= 0.3 is 0 Å². The molecule has 28 heavy (non-hydrogen) atoms. The van der Waals surface area contributed by atoms with Crippen LogP contribution in [0.15, 0.2) is 60.3 Å². The zero-order chi connectivity index (χ0) is 19.5. The van der Waals surface area contributed by atoms with Crippen molar-refractivity contribution in [3.8, 4) is 0 Å². The number of nitrogens with zero attached hydrogens (tertiary/aromatic N) is 2. The van der Waals surface area contributed by atoms with Crippen molar-refractivity contribution in [2.45, 2.75) is 25.7 Å². The number of piperidine rings is 1. The molecule has 0 N–H and O–H groups in total. The van der Waals surface area contributed by atoms with Gasteiger partial charge in [-0.05, 0) is 48.9 Å². The molecule has 0 radical (unpaired) electrons. The van der Waals surface area contributed by atoms with Gasteiger partial charge in [0.15, 0.2) is 0 Å². The molecule has 2 heterocycles. The number of rotatable bonds is 5. The number of benzene rings is 2. The zero-order valence-corrected chi connectivity index (χ0v) is 16.5. The predicted octanol–water partition coefficient (Wildman–Crippen LogP) is 4.15. The number of likely N-dealkylation sites (tertiary alicyclic amines) is 1. The largest absolute Gasteiger partial charge is 0.366 e. The van der Waals surface area contributed by atoms with Crippen molar-refractivity contribution in [2.75, 3.05) is 19.6 Å². The van der Waals surface area contributed by atoms with Crippen LogP contribution >= 0.6 is 11.6 Å². The Bertz CT molecular complexity index is 900. The van der Waals surface area contributed by atoms with Crippen molar-refractivity contribution in [3.05, 3.63) is 76.4 Å². The Labute approximate surface area is 170 Å². The summed E-state index contributed by atoms with van der Waals surface area (Å²) in [5, 5.41) is 0.613. The summed E-state index contributed by atoms with van der Waals surface area (Å²) < 4.78 is 0. The monoisotopic (exact) mass is 394 g/mol. The van der Waals surface area contributed by atoms with E-state index in [1.165, 1.54) is 11.3 Å². The van der Waals surface area contributed by atoms with Gasteiger partial charge < -0.3 is 4.90 Å². The summed E-state index contributed by atoms with van der Waals surface area (Å²) in [7, 11) is 0. The van der Waals surface area contributed by atoms with E-state index >= 15 is 0 Å². The van der Waals surface area contributed by atoms with E-state index in [2.05, 4.69) is 4.90 Å². The fourth-order valence-electron chi connectivity index (χ4n) is 3.94. The molecule has 144 valence electrons. The highest BCUT2D eigenvalue weighted by molar-refractivity contribution is 6.36. The summed E-state index contributed by atoms with van der Waals surface area (Å²) in [6.07, 6.45) is 3.91. The molecule has 0 atom stereocenters. The average Bonchev–Trinajstić information content (AvgIpc) is 2.98. The van der Waals surface area contributed by atoms with Crippen LogP contribution in [0.1, 0.15) is 30.4 Å². The highest BCUT2D eigenvalue weighted by Crippen LogP contribution is 2.33. The minimum atomic E-state index is -0.205. The van der Waals surface area contributed by atoms with Crippen molar-refractivity contribution in [1.29, 1.82) is 0 Å². The van der Waals surface area contributed by atoms with Crippen molar-refractivity contribution >= 4 is 29.0 Å². The second-order valence-electron chi connectivity index (χ2n) is 7.28. The van der Waals surface area contributed by atoms with Crippen LogP contribution in [0.2, 0.25) is 5.02 Å². The molecule has 0 spiro atoms. The third-order valence-corrected chi connectivity index (χ3v) is 5.67. The molecule has 2 aliphatic heterocycles. The van der Waals surface area contributed by atoms with Crippen LogP contribution in [0.5, 0.6) is 0 Å². The Balaban J connectivity index is 1.65. The lowest BCUT2D eigenvalue weighted by Gasteiger charge is -2.29. The lowest BCUT2D eigenvalue weighted by molar-refractivity contribution is -0.137. The molecule has 2 amide bonds. The third-order valence-electron chi connectivity index (χ3n) is 5.42. The Hall–Kier alpha value is -2.59. The molecule has 2 aromatic carbocycles. The fraction of sp³-hybridized carbons (Fsp3) is 0.304. The first-order valence-corrected chi connectivity index (χ1v) is 10.2. The maximum absolute atomic E-state index is 13.3. The van der Waals surface area contributed by atoms with E-state index in [9.17, 15) is 9.59 Å². The van der Waals surface area contributed by atoms with Gasteiger partial charge in [0, 0.05) is 24.7 Å². The maximum Gasteiger partial charge on any atom is 0.277 e. The molecule has 0 saturated carbocycles. The summed E-state index contributed by atoms with van der Waals surface area (Å²) in [6.45, 7) is 2.02. The van der Waals surface area contributed by atoms with E-state index in [0.29, 0.717) is 29.3 Å². The molecule has 0 aliphatic carbocycles. The molecule has 4 nitrogen and oxygen atoms in total. The number of imide groups is 1. The third kappa shape index (κ3) is 3.69. The van der Waals surface area contributed by atoms with E-state index in [0.717, 1.165) is 37.1 Å². The molecular formula is C23H23ClN2O2. The molecule has 2 aromatic rings. The molecular weight excluding hydrogens is 372 g/mol. The second kappa shape index (κ2) is 8.19. The molecule has 5 heteroatoms. The van der Waals surface area contributed by atoms with Crippen LogP contribution in [0.25, 0.3) is 5.57 Å². The normalized spacial score (nSPS) is 17.6. The van der Waals surface area contributed by atoms with Crippen LogP contribution in [0, 0.1) is 0 Å². The molecule has 0 unspecified atom stereocenters. The van der Waals surface area contributed by atoms with E-state index in [-0.39, 0.29) is 11.8 Å². The highest BCUT2D eigenvalue weighted by Gasteiger charge is 2.41. The molecule has 1 saturated heterocycles. The number of amides is 2. The van der Waals surface area contributed by atoms with Crippen molar-refractivity contribution in [2.24, 2.45) is 0 Å². The minimum absolute atomic E-state index is 0.173. The second-order valence-corrected chi connectivity index (χ2v) is 7.71. The summed E-state index contributed by atoms with van der Waals surface area (Å²) in [5.41, 5.74) is 2.94. The predicted molar refractivity (Wildman–Crippen MR) is 111 cm³/mol. The van der Waals surface area contributed by atoms with E-state index in [4.69, 9.17) is 11.6 Å². The van der Waals surface area contributed by atoms with Crippen LogP contribution in [-0.2, 0) is 16.0 Å². The summed E-state index contributed by atoms with van der Waals surface area (Å²) in [6, 6.07) is 17.1. The quantitative estimate of drug-likeness (QED) is 0.715. The smallest absolute Gasteiger partial charge is 0.277 e. The number of hydrogen-bond acceptors (Lipinski definition) is 3. The van der Waals surface area contributed by atoms with Gasteiger partial charge in [0.25, 0.3) is 11.8 Å². The van der Waals surface area contributed by atoms with Crippen molar-refractivity contribution < 1.29 is 9.59 Å². The van der Waals surface area contributed by atoms with Crippen LogP contribution < -0.4 is 0 Å². The summed E-state index contributed by atoms with van der Waals surface area (Å²) in [4.78, 5) is 30.0. The number of carbonyl (C=O) groups excluding carboxylic acids is 2.